The molecule has 0 spiro atoms. The van der Waals surface area contributed by atoms with Crippen LogP contribution < -0.4 is 11.2 Å². The molecule has 1 aromatic rings. The molecule has 0 unspecified atom stereocenters. The summed E-state index contributed by atoms with van der Waals surface area (Å²) in [5.41, 5.74) is -1.56. The van der Waals surface area contributed by atoms with E-state index in [1.165, 1.54) is 21.8 Å². The fraction of sp³-hybridized carbons (Fsp3) is 0.562. The number of aliphatic hydroxyl groups is 1. The predicted molar refractivity (Wildman–Crippen MR) is 94.2 cm³/mol. The number of H-pyrrole nitrogens is 1. The Bertz CT molecular complexity index is 776. The lowest BCUT2D eigenvalue weighted by Crippen LogP contribution is -2.34. The highest BCUT2D eigenvalue weighted by atomic mass is 79.9. The van der Waals surface area contributed by atoms with Crippen molar-refractivity contribution in [3.63, 3.8) is 0 Å². The van der Waals surface area contributed by atoms with Crippen LogP contribution in [-0.2, 0) is 14.3 Å². The molecule has 9 heteroatoms. The van der Waals surface area contributed by atoms with Crippen molar-refractivity contribution < 1.29 is 19.4 Å². The molecule has 1 aliphatic heterocycles. The van der Waals surface area contributed by atoms with Gasteiger partial charge in [-0.25, -0.2) is 4.79 Å². The Labute approximate surface area is 152 Å². The zero-order valence-electron chi connectivity index (χ0n) is 14.2. The van der Waals surface area contributed by atoms with Crippen LogP contribution in [0.3, 0.4) is 0 Å². The molecule has 8 nitrogen and oxygen atoms in total. The third-order valence-electron chi connectivity index (χ3n) is 3.74. The predicted octanol–water partition coefficient (Wildman–Crippen LogP) is 1.14. The van der Waals surface area contributed by atoms with Crippen molar-refractivity contribution in [3.05, 3.63) is 37.6 Å². The van der Waals surface area contributed by atoms with Gasteiger partial charge in [-0.2, -0.15) is 0 Å². The molecule has 1 saturated heterocycles. The molecule has 1 fully saturated rings. The average molecular weight is 417 g/mol. The molecule has 0 amide bonds. The number of aromatic nitrogens is 2. The van der Waals surface area contributed by atoms with Crippen molar-refractivity contribution in [1.82, 2.24) is 9.55 Å². The van der Waals surface area contributed by atoms with E-state index in [1.807, 2.05) is 0 Å². The fourth-order valence-electron chi connectivity index (χ4n) is 2.31. The highest BCUT2D eigenvalue weighted by molar-refractivity contribution is 9.11. The maximum absolute atomic E-state index is 12.0. The van der Waals surface area contributed by atoms with Crippen LogP contribution in [0.1, 0.15) is 39.0 Å². The molecule has 2 rings (SSSR count). The summed E-state index contributed by atoms with van der Waals surface area (Å²) in [4.78, 5) is 39.2. The first-order valence-corrected chi connectivity index (χ1v) is 8.68. The Balaban J connectivity index is 2.13. The Morgan fingerprint density at radius 1 is 1.52 bits per heavy atom. The van der Waals surface area contributed by atoms with E-state index < -0.39 is 41.1 Å². The molecule has 0 aromatic carbocycles. The van der Waals surface area contributed by atoms with Gasteiger partial charge < -0.3 is 14.6 Å². The van der Waals surface area contributed by atoms with E-state index in [0.717, 1.165) is 0 Å². The van der Waals surface area contributed by atoms with Gasteiger partial charge >= 0.3 is 11.7 Å². The Morgan fingerprint density at radius 3 is 2.80 bits per heavy atom. The summed E-state index contributed by atoms with van der Waals surface area (Å²) < 4.78 is 12.0. The summed E-state index contributed by atoms with van der Waals surface area (Å²) in [7, 11) is 0. The van der Waals surface area contributed by atoms with Gasteiger partial charge in [0.25, 0.3) is 5.56 Å². The molecule has 138 valence electrons. The summed E-state index contributed by atoms with van der Waals surface area (Å²) >= 11 is 3.08. The van der Waals surface area contributed by atoms with Gasteiger partial charge in [0.2, 0.25) is 0 Å². The number of carbonyl (C=O) groups is 1. The number of hydrogen-bond donors (Lipinski definition) is 2. The summed E-state index contributed by atoms with van der Waals surface area (Å²) in [6.45, 7) is 5.06. The lowest BCUT2D eigenvalue weighted by Gasteiger charge is -2.20. The van der Waals surface area contributed by atoms with Crippen molar-refractivity contribution >= 4 is 28.0 Å². The number of esters is 1. The number of rotatable bonds is 4. The van der Waals surface area contributed by atoms with Crippen LogP contribution in [0.4, 0.5) is 0 Å². The standard InChI is InChI=1S/C16H21BrN2O6/c1-16(2,3)14(22)24-8-11-10(20)6-12(25-11)19-7-9(4-5-17)13(21)18-15(19)23/h4-5,7,10-12,20H,6,8H2,1-3H3,(H,18,21,23)/b5-4-/t10-,11-,12+/m0/s1. The Kier molecular flexibility index (Phi) is 6.02. The molecular formula is C16H21BrN2O6. The van der Waals surface area contributed by atoms with Gasteiger partial charge in [0.05, 0.1) is 17.1 Å². The number of hydrogen-bond acceptors (Lipinski definition) is 6. The second-order valence-corrected chi connectivity index (χ2v) is 7.35. The summed E-state index contributed by atoms with van der Waals surface area (Å²) in [5, 5.41) is 10.1. The molecule has 0 aliphatic carbocycles. The third kappa shape index (κ3) is 4.68. The van der Waals surface area contributed by atoms with Crippen LogP contribution in [0.5, 0.6) is 0 Å². The lowest BCUT2D eigenvalue weighted by atomic mass is 9.97. The minimum atomic E-state index is -0.897. The van der Waals surface area contributed by atoms with Gasteiger partial charge in [-0.3, -0.25) is 19.1 Å². The number of aromatic amines is 1. The van der Waals surface area contributed by atoms with Crippen molar-refractivity contribution in [3.8, 4) is 0 Å². The van der Waals surface area contributed by atoms with Crippen LogP contribution in [0.2, 0.25) is 0 Å². The summed E-state index contributed by atoms with van der Waals surface area (Å²) in [6, 6.07) is 0. The van der Waals surface area contributed by atoms with E-state index in [0.29, 0.717) is 0 Å². The summed E-state index contributed by atoms with van der Waals surface area (Å²) in [5.74, 6) is -0.405. The number of ether oxygens (including phenoxy) is 2. The Hall–Kier alpha value is -1.71. The van der Waals surface area contributed by atoms with Gasteiger partial charge in [-0.1, -0.05) is 15.9 Å². The topological polar surface area (TPSA) is 111 Å². The minimum absolute atomic E-state index is 0.111. The highest BCUT2D eigenvalue weighted by Crippen LogP contribution is 2.28. The van der Waals surface area contributed by atoms with Crippen molar-refractivity contribution in [2.75, 3.05) is 6.61 Å². The average Bonchev–Trinajstić information content (AvgIpc) is 2.87. The SMILES string of the molecule is CC(C)(C)C(=O)OC[C@@H]1O[C@@H](n2cc(/C=C\Br)c(=O)[nH]c2=O)C[C@@H]1O. The molecule has 3 atom stereocenters. The zero-order chi connectivity index (χ0) is 18.8. The molecule has 0 bridgehead atoms. The van der Waals surface area contributed by atoms with Crippen LogP contribution in [-0.4, -0.2) is 39.4 Å². The highest BCUT2D eigenvalue weighted by Gasteiger charge is 2.37. The second-order valence-electron chi connectivity index (χ2n) is 6.82. The van der Waals surface area contributed by atoms with Crippen molar-refractivity contribution in [1.29, 1.82) is 0 Å². The molecule has 0 radical (unpaired) electrons. The van der Waals surface area contributed by atoms with Crippen molar-refractivity contribution in [2.45, 2.75) is 45.6 Å². The first-order chi connectivity index (χ1) is 11.6. The number of aliphatic hydroxyl groups excluding tert-OH is 1. The molecule has 2 N–H and O–H groups in total. The van der Waals surface area contributed by atoms with Crippen LogP contribution in [0, 0.1) is 5.41 Å². The first-order valence-electron chi connectivity index (χ1n) is 7.76. The number of carbonyl (C=O) groups excluding carboxylic acids is 1. The van der Waals surface area contributed by atoms with Gasteiger partial charge in [0.1, 0.15) is 18.9 Å². The van der Waals surface area contributed by atoms with Gasteiger partial charge in [-0.15, -0.1) is 0 Å². The number of nitrogens with zero attached hydrogens (tertiary/aromatic N) is 1. The lowest BCUT2D eigenvalue weighted by molar-refractivity contribution is -0.159. The van der Waals surface area contributed by atoms with E-state index in [2.05, 4.69) is 20.9 Å². The van der Waals surface area contributed by atoms with Gasteiger partial charge in [0, 0.05) is 12.6 Å². The largest absolute Gasteiger partial charge is 0.462 e. The van der Waals surface area contributed by atoms with E-state index in [1.54, 1.807) is 20.8 Å². The molecule has 1 aliphatic rings. The quantitative estimate of drug-likeness (QED) is 0.711. The smallest absolute Gasteiger partial charge is 0.330 e. The van der Waals surface area contributed by atoms with E-state index in [9.17, 15) is 19.5 Å². The molecular weight excluding hydrogens is 396 g/mol. The molecule has 0 saturated carbocycles. The number of halogens is 1. The first kappa shape index (κ1) is 19.6. The minimum Gasteiger partial charge on any atom is -0.462 e. The molecule has 2 heterocycles. The maximum Gasteiger partial charge on any atom is 0.330 e. The third-order valence-corrected chi connectivity index (χ3v) is 4.01. The van der Waals surface area contributed by atoms with Gasteiger partial charge in [-0.05, 0) is 31.8 Å². The van der Waals surface area contributed by atoms with E-state index >= 15 is 0 Å². The molecule has 1 aromatic heterocycles. The fourth-order valence-corrected chi connectivity index (χ4v) is 2.60. The normalized spacial score (nSPS) is 24.0. The second kappa shape index (κ2) is 7.67. The maximum atomic E-state index is 12.0. The molecule has 25 heavy (non-hydrogen) atoms. The van der Waals surface area contributed by atoms with Crippen LogP contribution in [0.25, 0.3) is 6.08 Å². The van der Waals surface area contributed by atoms with Crippen LogP contribution in [0.15, 0.2) is 20.8 Å². The van der Waals surface area contributed by atoms with Gasteiger partial charge in [0.15, 0.2) is 0 Å². The van der Waals surface area contributed by atoms with Crippen molar-refractivity contribution in [2.24, 2.45) is 5.41 Å². The number of nitrogens with one attached hydrogen (secondary N) is 1. The monoisotopic (exact) mass is 416 g/mol. The van der Waals surface area contributed by atoms with E-state index in [4.69, 9.17) is 9.47 Å². The Morgan fingerprint density at radius 2 is 2.20 bits per heavy atom. The summed E-state index contributed by atoms with van der Waals surface area (Å²) in [6.07, 6.45) is 0.584. The zero-order valence-corrected chi connectivity index (χ0v) is 15.8. The van der Waals surface area contributed by atoms with Crippen LogP contribution >= 0.6 is 15.9 Å². The van der Waals surface area contributed by atoms with E-state index in [-0.39, 0.29) is 18.6 Å².